The molecule has 0 aliphatic carbocycles. The molecule has 2 aromatic rings. The Morgan fingerprint density at radius 1 is 1.14 bits per heavy atom. The third-order valence-electron chi connectivity index (χ3n) is 5.26. The Morgan fingerprint density at radius 2 is 1.91 bits per heavy atom. The average molecular weight is 512 g/mol. The van der Waals surface area contributed by atoms with Gasteiger partial charge in [-0.05, 0) is 49.1 Å². The summed E-state index contributed by atoms with van der Waals surface area (Å²) >= 11 is 0. The first-order valence-electron chi connectivity index (χ1n) is 10.9. The molecule has 1 heterocycles. The number of phenolic OH excluding ortho intramolecular Hbond substituents is 1. The highest BCUT2D eigenvalue weighted by Gasteiger charge is 2.36. The van der Waals surface area contributed by atoms with Crippen LogP contribution in [0.1, 0.15) is 35.2 Å². The maximum atomic E-state index is 12.1. The summed E-state index contributed by atoms with van der Waals surface area (Å²) in [6, 6.07) is 8.82. The number of aromatic hydroxyl groups is 2. The highest BCUT2D eigenvalue weighted by atomic mass is 32.3. The quantitative estimate of drug-likeness (QED) is 0.206. The van der Waals surface area contributed by atoms with Crippen LogP contribution in [0.2, 0.25) is 0 Å². The molecular formula is C22H29N3O9S. The number of amides is 1. The molecule has 1 amide bonds. The summed E-state index contributed by atoms with van der Waals surface area (Å²) in [4.78, 5) is 23.3. The van der Waals surface area contributed by atoms with E-state index in [1.54, 1.807) is 6.07 Å². The number of aliphatic hydroxyl groups excluding tert-OH is 1. The Bertz CT molecular complexity index is 1070. The van der Waals surface area contributed by atoms with E-state index in [0.29, 0.717) is 31.4 Å². The molecule has 8 N–H and O–H groups in total. The Balaban J connectivity index is 1.37. The molecule has 0 bridgehead atoms. The van der Waals surface area contributed by atoms with Crippen molar-refractivity contribution in [2.45, 2.75) is 31.9 Å². The molecule has 1 atom stereocenters. The predicted molar refractivity (Wildman–Crippen MR) is 129 cm³/mol. The first-order valence-corrected chi connectivity index (χ1v) is 12.4. The zero-order chi connectivity index (χ0) is 25.6. The van der Waals surface area contributed by atoms with Gasteiger partial charge in [0.25, 0.3) is 0 Å². The summed E-state index contributed by atoms with van der Waals surface area (Å²) in [5, 5.41) is 41.5. The van der Waals surface area contributed by atoms with Crippen LogP contribution in [-0.2, 0) is 11.2 Å². The van der Waals surface area contributed by atoms with E-state index in [-0.39, 0.29) is 54.0 Å². The van der Waals surface area contributed by atoms with Gasteiger partial charge in [-0.1, -0.05) is 23.1 Å². The number of unbranched alkanes of at least 4 members (excludes halogenated alkanes) is 1. The fraction of sp³-hybridized carbons (Fsp3) is 0.364. The van der Waals surface area contributed by atoms with Crippen molar-refractivity contribution < 1.29 is 43.9 Å². The third-order valence-corrected chi connectivity index (χ3v) is 6.81. The fourth-order valence-corrected chi connectivity index (χ4v) is 4.90. The smallest absolute Gasteiger partial charge is 0.343 e. The van der Waals surface area contributed by atoms with Crippen LogP contribution >= 0.6 is 11.0 Å². The van der Waals surface area contributed by atoms with Gasteiger partial charge in [0.05, 0.1) is 13.2 Å². The third kappa shape index (κ3) is 6.90. The number of aliphatic hydroxyl groups is 1. The largest absolute Gasteiger partial charge is 0.507 e. The maximum Gasteiger partial charge on any atom is 0.343 e. The van der Waals surface area contributed by atoms with Gasteiger partial charge in [0.15, 0.2) is 0 Å². The van der Waals surface area contributed by atoms with Crippen LogP contribution in [0.3, 0.4) is 0 Å². The van der Waals surface area contributed by atoms with E-state index in [9.17, 15) is 34.0 Å². The van der Waals surface area contributed by atoms with Crippen molar-refractivity contribution in [2.24, 2.45) is 0 Å². The van der Waals surface area contributed by atoms with Crippen LogP contribution in [0, 0.1) is 0 Å². The van der Waals surface area contributed by atoms with Crippen molar-refractivity contribution in [3.63, 3.8) is 0 Å². The molecule has 1 fully saturated rings. The molecule has 13 heteroatoms. The monoisotopic (exact) mass is 511 g/mol. The minimum atomic E-state index is -3.43. The highest BCUT2D eigenvalue weighted by Crippen LogP contribution is 2.49. The van der Waals surface area contributed by atoms with Crippen molar-refractivity contribution in [3.05, 3.63) is 47.5 Å². The second-order valence-electron chi connectivity index (χ2n) is 7.90. The van der Waals surface area contributed by atoms with Crippen LogP contribution in [-0.4, -0.2) is 67.3 Å². The number of nitrogens with one attached hydrogen (secondary N) is 2. The Kier molecular flexibility index (Phi) is 8.64. The average Bonchev–Trinajstić information content (AvgIpc) is 3.06. The standard InChI is InChI=1S/C22H29N3O9S/c26-16-4-3-5-18(21(16)22(30)31)34-11-2-1-10-23-19(28)9-7-14-6-8-15(17(27)12-14)25-13-20(29)24-35(25,32)33/h3-6,8,12,20,24,26-27,29,32-33H,1-2,7,9-11,13H2,(H,23,28)(H,30,31). The molecule has 1 aliphatic heterocycles. The van der Waals surface area contributed by atoms with Crippen LogP contribution in [0.25, 0.3) is 0 Å². The van der Waals surface area contributed by atoms with E-state index in [1.807, 2.05) is 0 Å². The van der Waals surface area contributed by atoms with Gasteiger partial charge in [0.1, 0.15) is 34.7 Å². The number of nitrogens with zero attached hydrogens (tertiary/aromatic N) is 1. The molecule has 0 radical (unpaired) electrons. The van der Waals surface area contributed by atoms with E-state index in [2.05, 4.69) is 10.0 Å². The number of aromatic carboxylic acids is 1. The topological polar surface area (TPSA) is 192 Å². The SMILES string of the molecule is O=C(CCc1ccc(N2CC(O)NS2(O)O)c(O)c1)NCCCCOc1cccc(O)c1C(=O)O. The molecule has 0 aromatic heterocycles. The summed E-state index contributed by atoms with van der Waals surface area (Å²) in [6.07, 6.45) is 0.562. The zero-order valence-corrected chi connectivity index (χ0v) is 19.6. The number of ether oxygens (including phenoxy) is 1. The number of aryl methyl sites for hydroxylation is 1. The fourth-order valence-electron chi connectivity index (χ4n) is 3.55. The molecule has 12 nitrogen and oxygen atoms in total. The minimum absolute atomic E-state index is 0.0815. The molecule has 3 rings (SSSR count). The molecule has 1 saturated heterocycles. The lowest BCUT2D eigenvalue weighted by molar-refractivity contribution is -0.121. The number of carboxylic acid groups (broad SMARTS) is 1. The first-order chi connectivity index (χ1) is 16.6. The van der Waals surface area contributed by atoms with Gasteiger partial charge < -0.3 is 30.5 Å². The Morgan fingerprint density at radius 3 is 2.57 bits per heavy atom. The van der Waals surface area contributed by atoms with Crippen LogP contribution in [0.15, 0.2) is 36.4 Å². The number of carbonyl (C=O) groups excluding carboxylic acids is 1. The van der Waals surface area contributed by atoms with Crippen molar-refractivity contribution in [1.82, 2.24) is 10.0 Å². The number of anilines is 1. The maximum absolute atomic E-state index is 12.1. The Hall–Kier alpha value is -3.23. The van der Waals surface area contributed by atoms with Crippen molar-refractivity contribution in [1.29, 1.82) is 0 Å². The number of carboxylic acids is 1. The normalized spacial score (nSPS) is 17.7. The van der Waals surface area contributed by atoms with E-state index in [0.717, 1.165) is 4.31 Å². The van der Waals surface area contributed by atoms with Gasteiger partial charge in [-0.3, -0.25) is 18.2 Å². The summed E-state index contributed by atoms with van der Waals surface area (Å²) < 4.78 is 28.7. The molecule has 0 saturated carbocycles. The molecule has 1 unspecified atom stereocenters. The number of β-amino-alcohol motifs (C(OH)–C–C–N with tert-alkyl or cyclic N) is 1. The van der Waals surface area contributed by atoms with Gasteiger partial charge in [-0.25, -0.2) is 4.79 Å². The van der Waals surface area contributed by atoms with E-state index >= 15 is 0 Å². The lowest BCUT2D eigenvalue weighted by Crippen LogP contribution is -2.25. The van der Waals surface area contributed by atoms with Crippen molar-refractivity contribution in [2.75, 3.05) is 24.0 Å². The van der Waals surface area contributed by atoms with Gasteiger partial charge >= 0.3 is 5.97 Å². The predicted octanol–water partition coefficient (Wildman–Crippen LogP) is 2.01. The van der Waals surface area contributed by atoms with Crippen molar-refractivity contribution in [3.8, 4) is 17.2 Å². The lowest BCUT2D eigenvalue weighted by atomic mass is 10.1. The van der Waals surface area contributed by atoms with Gasteiger partial charge in [-0.2, -0.15) is 4.72 Å². The second-order valence-corrected chi connectivity index (χ2v) is 9.61. The molecule has 2 aromatic carbocycles. The summed E-state index contributed by atoms with van der Waals surface area (Å²) in [5.74, 6) is -1.95. The summed E-state index contributed by atoms with van der Waals surface area (Å²) in [7, 11) is -3.43. The number of benzene rings is 2. The molecule has 192 valence electrons. The van der Waals surface area contributed by atoms with Gasteiger partial charge in [0.2, 0.25) is 5.91 Å². The van der Waals surface area contributed by atoms with Crippen LogP contribution in [0.4, 0.5) is 5.69 Å². The number of hydrogen-bond acceptors (Lipinski definition) is 10. The number of phenols is 2. The van der Waals surface area contributed by atoms with Gasteiger partial charge in [-0.15, -0.1) is 0 Å². The number of hydrogen-bond donors (Lipinski definition) is 8. The van der Waals surface area contributed by atoms with E-state index in [1.165, 1.54) is 30.3 Å². The minimum Gasteiger partial charge on any atom is -0.507 e. The lowest BCUT2D eigenvalue weighted by Gasteiger charge is -2.36. The highest BCUT2D eigenvalue weighted by molar-refractivity contribution is 8.24. The van der Waals surface area contributed by atoms with Crippen LogP contribution < -0.4 is 19.1 Å². The Labute approximate surface area is 203 Å². The molecule has 35 heavy (non-hydrogen) atoms. The second kappa shape index (κ2) is 11.5. The number of rotatable bonds is 11. The summed E-state index contributed by atoms with van der Waals surface area (Å²) in [5.41, 5.74) is 0.549. The number of carbonyl (C=O) groups is 2. The van der Waals surface area contributed by atoms with Crippen LogP contribution in [0.5, 0.6) is 17.2 Å². The zero-order valence-electron chi connectivity index (χ0n) is 18.8. The van der Waals surface area contributed by atoms with Gasteiger partial charge in [0, 0.05) is 13.0 Å². The first kappa shape index (κ1) is 26.4. The summed E-state index contributed by atoms with van der Waals surface area (Å²) in [6.45, 7) is 0.525. The van der Waals surface area contributed by atoms with E-state index in [4.69, 9.17) is 9.84 Å². The van der Waals surface area contributed by atoms with Crippen molar-refractivity contribution >= 4 is 28.5 Å². The molecule has 1 aliphatic rings. The van der Waals surface area contributed by atoms with E-state index < -0.39 is 23.2 Å². The molecule has 0 spiro atoms. The molecular weight excluding hydrogens is 482 g/mol.